The second-order valence-corrected chi connectivity index (χ2v) is 7.99. The van der Waals surface area contributed by atoms with Crippen LogP contribution in [0.5, 0.6) is 0 Å². The van der Waals surface area contributed by atoms with Crippen molar-refractivity contribution in [3.63, 3.8) is 0 Å². The number of esters is 1. The van der Waals surface area contributed by atoms with Crippen LogP contribution in [0.2, 0.25) is 0 Å². The molecule has 18 heavy (non-hydrogen) atoms. The average molecular weight is 276 g/mol. The van der Waals surface area contributed by atoms with E-state index in [-0.39, 0.29) is 17.3 Å². The lowest BCUT2D eigenvalue weighted by Gasteiger charge is -2.22. The maximum absolute atomic E-state index is 12.0. The van der Waals surface area contributed by atoms with Gasteiger partial charge in [0, 0.05) is 5.92 Å². The van der Waals surface area contributed by atoms with E-state index in [1.54, 1.807) is 20.8 Å². The zero-order valence-electron chi connectivity index (χ0n) is 11.2. The molecule has 1 rings (SSSR count). The van der Waals surface area contributed by atoms with Gasteiger partial charge < -0.3 is 4.74 Å². The van der Waals surface area contributed by atoms with Gasteiger partial charge in [0.15, 0.2) is 15.6 Å². The number of sulfone groups is 1. The molecule has 0 bridgehead atoms. The highest BCUT2D eigenvalue weighted by atomic mass is 32.2. The molecule has 0 aliphatic carbocycles. The van der Waals surface area contributed by atoms with Gasteiger partial charge in [0.2, 0.25) is 0 Å². The van der Waals surface area contributed by atoms with Crippen molar-refractivity contribution in [1.29, 1.82) is 0 Å². The van der Waals surface area contributed by atoms with E-state index in [1.165, 1.54) is 6.92 Å². The van der Waals surface area contributed by atoms with Crippen molar-refractivity contribution in [1.82, 2.24) is 0 Å². The minimum absolute atomic E-state index is 0.0322. The number of ketones is 1. The van der Waals surface area contributed by atoms with Crippen LogP contribution in [-0.2, 0) is 24.2 Å². The zero-order chi connectivity index (χ0) is 14.1. The topological polar surface area (TPSA) is 77.5 Å². The Hall–Kier alpha value is -0.910. The van der Waals surface area contributed by atoms with Crippen LogP contribution in [0, 0.1) is 11.8 Å². The molecule has 0 aromatic heterocycles. The number of ether oxygens (including phenoxy) is 1. The van der Waals surface area contributed by atoms with Crippen molar-refractivity contribution < 1.29 is 22.7 Å². The van der Waals surface area contributed by atoms with E-state index in [2.05, 4.69) is 0 Å². The molecule has 0 saturated carbocycles. The van der Waals surface area contributed by atoms with Gasteiger partial charge in [-0.05, 0) is 34.1 Å². The van der Waals surface area contributed by atoms with Crippen molar-refractivity contribution in [2.24, 2.45) is 11.8 Å². The highest BCUT2D eigenvalue weighted by molar-refractivity contribution is 7.91. The van der Waals surface area contributed by atoms with Crippen LogP contribution in [0.15, 0.2) is 0 Å². The molecule has 0 amide bonds. The number of hydrogen-bond donors (Lipinski definition) is 0. The highest BCUT2D eigenvalue weighted by Crippen LogP contribution is 2.23. The third-order valence-electron chi connectivity index (χ3n) is 2.82. The standard InChI is InChI=1S/C12H20O5S/c1-8(11(14)17-12(2,3)4)10(13)9-5-6-18(15,16)7-9/h8-9H,5-7H2,1-4H3. The van der Waals surface area contributed by atoms with E-state index >= 15 is 0 Å². The molecule has 0 radical (unpaired) electrons. The van der Waals surface area contributed by atoms with Gasteiger partial charge in [-0.1, -0.05) is 0 Å². The van der Waals surface area contributed by atoms with Crippen LogP contribution in [0.25, 0.3) is 0 Å². The first-order chi connectivity index (χ1) is 8.02. The van der Waals surface area contributed by atoms with E-state index < -0.39 is 33.2 Å². The molecule has 2 atom stereocenters. The summed E-state index contributed by atoms with van der Waals surface area (Å²) in [5.74, 6) is -2.48. The van der Waals surface area contributed by atoms with Gasteiger partial charge in [0.05, 0.1) is 11.5 Å². The number of hydrogen-bond acceptors (Lipinski definition) is 5. The van der Waals surface area contributed by atoms with Gasteiger partial charge in [-0.25, -0.2) is 8.42 Å². The highest BCUT2D eigenvalue weighted by Gasteiger charge is 2.38. The molecule has 1 aliphatic heterocycles. The van der Waals surface area contributed by atoms with E-state index in [0.29, 0.717) is 6.42 Å². The number of carbonyl (C=O) groups excluding carboxylic acids is 2. The smallest absolute Gasteiger partial charge is 0.316 e. The fraction of sp³-hybridized carbons (Fsp3) is 0.833. The summed E-state index contributed by atoms with van der Waals surface area (Å²) in [6.45, 7) is 6.65. The fourth-order valence-electron chi connectivity index (χ4n) is 1.88. The van der Waals surface area contributed by atoms with Crippen molar-refractivity contribution in [3.8, 4) is 0 Å². The van der Waals surface area contributed by atoms with Gasteiger partial charge >= 0.3 is 5.97 Å². The third kappa shape index (κ3) is 4.08. The van der Waals surface area contributed by atoms with Crippen LogP contribution in [-0.4, -0.2) is 37.3 Å². The summed E-state index contributed by atoms with van der Waals surface area (Å²) in [5.41, 5.74) is -0.645. The lowest BCUT2D eigenvalue weighted by molar-refractivity contribution is -0.161. The summed E-state index contributed by atoms with van der Waals surface area (Å²) in [5, 5.41) is 0. The molecule has 5 nitrogen and oxygen atoms in total. The molecular formula is C12H20O5S. The number of Topliss-reactive ketones (excluding diaryl/α,β-unsaturated/α-hetero) is 1. The number of carbonyl (C=O) groups is 2. The van der Waals surface area contributed by atoms with Gasteiger partial charge in [0.1, 0.15) is 11.5 Å². The van der Waals surface area contributed by atoms with Gasteiger partial charge in [0.25, 0.3) is 0 Å². The van der Waals surface area contributed by atoms with E-state index in [9.17, 15) is 18.0 Å². The summed E-state index contributed by atoms with van der Waals surface area (Å²) in [7, 11) is -3.11. The van der Waals surface area contributed by atoms with E-state index in [0.717, 1.165) is 0 Å². The second kappa shape index (κ2) is 4.99. The van der Waals surface area contributed by atoms with E-state index in [1.807, 2.05) is 0 Å². The summed E-state index contributed by atoms with van der Waals surface area (Å²) in [4.78, 5) is 23.7. The Morgan fingerprint density at radius 1 is 1.28 bits per heavy atom. The second-order valence-electron chi connectivity index (χ2n) is 5.76. The average Bonchev–Trinajstić information content (AvgIpc) is 2.54. The lowest BCUT2D eigenvalue weighted by Crippen LogP contribution is -2.34. The molecule has 1 fully saturated rings. The molecular weight excluding hydrogens is 256 g/mol. The van der Waals surface area contributed by atoms with Crippen LogP contribution in [0.4, 0.5) is 0 Å². The summed E-state index contributed by atoms with van der Waals surface area (Å²) in [6.07, 6.45) is 0.314. The van der Waals surface area contributed by atoms with Crippen molar-refractivity contribution >= 4 is 21.6 Å². The summed E-state index contributed by atoms with van der Waals surface area (Å²) < 4.78 is 27.7. The monoisotopic (exact) mass is 276 g/mol. The van der Waals surface area contributed by atoms with E-state index in [4.69, 9.17) is 4.74 Å². The Balaban J connectivity index is 2.65. The quantitative estimate of drug-likeness (QED) is 0.567. The third-order valence-corrected chi connectivity index (χ3v) is 4.59. The first kappa shape index (κ1) is 15.1. The predicted molar refractivity (Wildman–Crippen MR) is 66.8 cm³/mol. The Kier molecular flexibility index (Phi) is 4.20. The number of rotatable bonds is 3. The Bertz CT molecular complexity index is 444. The van der Waals surface area contributed by atoms with Crippen LogP contribution in [0.3, 0.4) is 0 Å². The van der Waals surface area contributed by atoms with Gasteiger partial charge in [-0.3, -0.25) is 9.59 Å². The first-order valence-electron chi connectivity index (χ1n) is 5.99. The molecule has 0 aromatic carbocycles. The molecule has 1 saturated heterocycles. The largest absolute Gasteiger partial charge is 0.459 e. The van der Waals surface area contributed by atoms with Crippen LogP contribution >= 0.6 is 0 Å². The van der Waals surface area contributed by atoms with Crippen molar-refractivity contribution in [3.05, 3.63) is 0 Å². The fourth-order valence-corrected chi connectivity index (χ4v) is 3.63. The zero-order valence-corrected chi connectivity index (χ0v) is 12.0. The van der Waals surface area contributed by atoms with Crippen molar-refractivity contribution in [2.45, 2.75) is 39.7 Å². The molecule has 0 spiro atoms. The molecule has 2 unspecified atom stereocenters. The Labute approximate surface area is 108 Å². The maximum atomic E-state index is 12.0. The molecule has 0 aromatic rings. The summed E-state index contributed by atoms with van der Waals surface area (Å²) >= 11 is 0. The molecule has 0 N–H and O–H groups in total. The lowest BCUT2D eigenvalue weighted by atomic mass is 9.93. The van der Waals surface area contributed by atoms with Crippen LogP contribution < -0.4 is 0 Å². The normalized spacial score (nSPS) is 24.6. The first-order valence-corrected chi connectivity index (χ1v) is 7.81. The predicted octanol–water partition coefficient (Wildman–Crippen LogP) is 0.968. The molecule has 104 valence electrons. The molecule has 1 heterocycles. The van der Waals surface area contributed by atoms with Gasteiger partial charge in [-0.15, -0.1) is 0 Å². The molecule has 1 aliphatic rings. The SMILES string of the molecule is CC(C(=O)OC(C)(C)C)C(=O)C1CCS(=O)(=O)C1. The molecule has 6 heteroatoms. The van der Waals surface area contributed by atoms with Crippen molar-refractivity contribution in [2.75, 3.05) is 11.5 Å². The minimum atomic E-state index is -3.11. The minimum Gasteiger partial charge on any atom is -0.459 e. The van der Waals surface area contributed by atoms with Gasteiger partial charge in [-0.2, -0.15) is 0 Å². The Morgan fingerprint density at radius 3 is 2.22 bits per heavy atom. The summed E-state index contributed by atoms with van der Waals surface area (Å²) in [6, 6.07) is 0. The maximum Gasteiger partial charge on any atom is 0.316 e. The Morgan fingerprint density at radius 2 is 1.83 bits per heavy atom. The van der Waals surface area contributed by atoms with Crippen LogP contribution in [0.1, 0.15) is 34.1 Å².